The summed E-state index contributed by atoms with van der Waals surface area (Å²) < 4.78 is 0. The van der Waals surface area contributed by atoms with E-state index in [2.05, 4.69) is 37.6 Å². The number of rotatable bonds is 14. The van der Waals surface area contributed by atoms with Crippen LogP contribution in [0.1, 0.15) is 98.3 Å². The van der Waals surface area contributed by atoms with Gasteiger partial charge in [-0.05, 0) is 29.7 Å². The topological polar surface area (TPSA) is 44.8 Å². The van der Waals surface area contributed by atoms with Crippen molar-refractivity contribution in [1.82, 2.24) is 0 Å². The lowest BCUT2D eigenvalue weighted by atomic mass is 9.89. The number of carbonyl (C=O) groups excluding carboxylic acids is 1. The van der Waals surface area contributed by atoms with Gasteiger partial charge in [-0.1, -0.05) is 72.6 Å². The zero-order chi connectivity index (χ0) is 16.7. The second-order valence-electron chi connectivity index (χ2n) is 7.23. The highest BCUT2D eigenvalue weighted by atomic mass is 17.5. The fraction of sp³-hybridized carbons (Fsp3) is 0.944. The molecule has 0 saturated carbocycles. The van der Waals surface area contributed by atoms with Gasteiger partial charge in [-0.15, -0.1) is 0 Å². The third-order valence-electron chi connectivity index (χ3n) is 3.56. The minimum absolute atomic E-state index is 0.348. The van der Waals surface area contributed by atoms with Crippen molar-refractivity contribution in [1.29, 1.82) is 0 Å². The first kappa shape index (κ1) is 21.4. The predicted molar refractivity (Wildman–Crippen MR) is 89.0 cm³/mol. The summed E-state index contributed by atoms with van der Waals surface area (Å²) in [5, 5.41) is 4.48. The van der Waals surface area contributed by atoms with Gasteiger partial charge in [0.2, 0.25) is 0 Å². The maximum Gasteiger partial charge on any atom is 0.345 e. The van der Waals surface area contributed by atoms with E-state index in [1.165, 1.54) is 32.1 Å². The molecule has 0 aromatic carbocycles. The van der Waals surface area contributed by atoms with E-state index < -0.39 is 0 Å². The summed E-state index contributed by atoms with van der Waals surface area (Å²) in [6.07, 6.45) is 11.7. The lowest BCUT2D eigenvalue weighted by Gasteiger charge is -2.17. The van der Waals surface area contributed by atoms with Crippen LogP contribution in [0.5, 0.6) is 0 Å². The zero-order valence-corrected chi connectivity index (χ0v) is 15.1. The highest BCUT2D eigenvalue weighted by molar-refractivity contribution is 5.68. The van der Waals surface area contributed by atoms with Gasteiger partial charge in [0.1, 0.15) is 0 Å². The fourth-order valence-electron chi connectivity index (χ4n) is 2.18. The Labute approximate surface area is 136 Å². The van der Waals surface area contributed by atoms with E-state index in [9.17, 15) is 4.79 Å². The Balaban J connectivity index is 3.23. The summed E-state index contributed by atoms with van der Waals surface area (Å²) in [5.74, 6) is -0.348. The van der Waals surface area contributed by atoms with Crippen molar-refractivity contribution in [2.24, 2.45) is 5.41 Å². The summed E-state index contributed by atoms with van der Waals surface area (Å²) in [6.45, 7) is 9.38. The monoisotopic (exact) mass is 316 g/mol. The van der Waals surface area contributed by atoms with E-state index in [0.717, 1.165) is 32.1 Å². The molecule has 0 radical (unpaired) electrons. The summed E-state index contributed by atoms with van der Waals surface area (Å²) >= 11 is 0. The van der Waals surface area contributed by atoms with Crippen molar-refractivity contribution in [3.8, 4) is 0 Å². The third kappa shape index (κ3) is 17.4. The van der Waals surface area contributed by atoms with Crippen molar-refractivity contribution in [2.75, 3.05) is 6.61 Å². The standard InChI is InChI=1S/C18H36O4/c1-5-6-7-8-9-13-16-20-22-21-17(19)14-11-10-12-15-18(2,3)4/h5-16H2,1-4H3. The average Bonchev–Trinajstić information content (AvgIpc) is 2.44. The Hall–Kier alpha value is -0.610. The van der Waals surface area contributed by atoms with Gasteiger partial charge in [-0.3, -0.25) is 4.89 Å². The summed E-state index contributed by atoms with van der Waals surface area (Å²) in [5.41, 5.74) is 0.369. The molecule has 0 N–H and O–H groups in total. The molecule has 0 aliphatic carbocycles. The number of hydrogen-bond acceptors (Lipinski definition) is 4. The van der Waals surface area contributed by atoms with Gasteiger partial charge >= 0.3 is 5.97 Å². The molecule has 132 valence electrons. The second kappa shape index (κ2) is 14.0. The number of unbranched alkanes of at least 4 members (excludes halogenated alkanes) is 7. The highest BCUT2D eigenvalue weighted by Gasteiger charge is 2.10. The van der Waals surface area contributed by atoms with Crippen LogP contribution in [0.3, 0.4) is 0 Å². The average molecular weight is 316 g/mol. The second-order valence-corrected chi connectivity index (χ2v) is 7.23. The molecular weight excluding hydrogens is 280 g/mol. The predicted octanol–water partition coefficient (Wildman–Crippen LogP) is 5.75. The zero-order valence-electron chi connectivity index (χ0n) is 15.1. The molecule has 4 nitrogen and oxygen atoms in total. The van der Waals surface area contributed by atoms with Crippen LogP contribution < -0.4 is 0 Å². The molecule has 0 aliphatic heterocycles. The quantitative estimate of drug-likeness (QED) is 0.232. The molecule has 0 aliphatic rings. The first-order valence-electron chi connectivity index (χ1n) is 8.94. The number of hydrogen-bond donors (Lipinski definition) is 0. The molecule has 0 spiro atoms. The lowest BCUT2D eigenvalue weighted by molar-refractivity contribution is -0.486. The molecule has 0 rings (SSSR count). The summed E-state index contributed by atoms with van der Waals surface area (Å²) in [6, 6.07) is 0. The van der Waals surface area contributed by atoms with E-state index >= 15 is 0 Å². The molecule has 0 atom stereocenters. The Morgan fingerprint density at radius 3 is 2.18 bits per heavy atom. The SMILES string of the molecule is CCCCCCCCOOOC(=O)CCCCCC(C)(C)C. The van der Waals surface area contributed by atoms with Gasteiger partial charge in [-0.2, -0.15) is 4.89 Å². The van der Waals surface area contributed by atoms with Gasteiger partial charge in [0.25, 0.3) is 0 Å². The third-order valence-corrected chi connectivity index (χ3v) is 3.56. The molecule has 0 unspecified atom stereocenters. The van der Waals surface area contributed by atoms with Crippen LogP contribution in [0.2, 0.25) is 0 Å². The Kier molecular flexibility index (Phi) is 13.6. The molecule has 22 heavy (non-hydrogen) atoms. The van der Waals surface area contributed by atoms with Crippen molar-refractivity contribution >= 4 is 5.97 Å². The first-order chi connectivity index (χ1) is 10.5. The van der Waals surface area contributed by atoms with E-state index in [-0.39, 0.29) is 5.97 Å². The molecule has 0 bridgehead atoms. The van der Waals surface area contributed by atoms with Crippen LogP contribution in [0, 0.1) is 5.41 Å². The molecule has 0 saturated heterocycles. The van der Waals surface area contributed by atoms with Gasteiger partial charge < -0.3 is 0 Å². The van der Waals surface area contributed by atoms with Crippen molar-refractivity contribution in [3.63, 3.8) is 0 Å². The molecule has 0 amide bonds. The maximum atomic E-state index is 11.4. The van der Waals surface area contributed by atoms with Gasteiger partial charge in [0.05, 0.1) is 6.61 Å². The largest absolute Gasteiger partial charge is 0.345 e. The molecule has 0 fully saturated rings. The first-order valence-corrected chi connectivity index (χ1v) is 8.94. The molecule has 0 heterocycles. The van der Waals surface area contributed by atoms with Crippen LogP contribution in [0.15, 0.2) is 0 Å². The molecule has 4 heteroatoms. The summed E-state index contributed by atoms with van der Waals surface area (Å²) in [4.78, 5) is 20.8. The Bertz CT molecular complexity index is 258. The van der Waals surface area contributed by atoms with E-state index in [4.69, 9.17) is 4.89 Å². The molecular formula is C18H36O4. The van der Waals surface area contributed by atoms with E-state index in [1.807, 2.05) is 0 Å². The normalized spacial score (nSPS) is 11.6. The van der Waals surface area contributed by atoms with Gasteiger partial charge in [0, 0.05) is 6.42 Å². The lowest BCUT2D eigenvalue weighted by Crippen LogP contribution is -2.07. The Morgan fingerprint density at radius 2 is 1.50 bits per heavy atom. The van der Waals surface area contributed by atoms with Gasteiger partial charge in [0.15, 0.2) is 0 Å². The minimum atomic E-state index is -0.348. The summed E-state index contributed by atoms with van der Waals surface area (Å²) in [7, 11) is 0. The van der Waals surface area contributed by atoms with Crippen LogP contribution in [-0.4, -0.2) is 12.6 Å². The van der Waals surface area contributed by atoms with Crippen LogP contribution in [0.25, 0.3) is 0 Å². The number of carbonyl (C=O) groups is 1. The van der Waals surface area contributed by atoms with Gasteiger partial charge in [-0.25, -0.2) is 4.79 Å². The van der Waals surface area contributed by atoms with E-state index in [0.29, 0.717) is 18.4 Å². The van der Waals surface area contributed by atoms with Crippen molar-refractivity contribution in [2.45, 2.75) is 98.3 Å². The Morgan fingerprint density at radius 1 is 0.864 bits per heavy atom. The van der Waals surface area contributed by atoms with Crippen LogP contribution in [0.4, 0.5) is 0 Å². The maximum absolute atomic E-state index is 11.4. The van der Waals surface area contributed by atoms with Crippen molar-refractivity contribution < 1.29 is 19.6 Å². The minimum Gasteiger partial charge on any atom is -0.269 e. The highest BCUT2D eigenvalue weighted by Crippen LogP contribution is 2.22. The smallest absolute Gasteiger partial charge is 0.269 e. The van der Waals surface area contributed by atoms with Crippen molar-refractivity contribution in [3.05, 3.63) is 0 Å². The fourth-order valence-corrected chi connectivity index (χ4v) is 2.18. The molecule has 0 aromatic heterocycles. The van der Waals surface area contributed by atoms with Crippen LogP contribution >= 0.6 is 0 Å². The van der Waals surface area contributed by atoms with Crippen LogP contribution in [-0.2, 0) is 19.6 Å². The molecule has 0 aromatic rings. The van der Waals surface area contributed by atoms with E-state index in [1.54, 1.807) is 0 Å².